The molecule has 3 aromatic rings. The van der Waals surface area contributed by atoms with Crippen molar-refractivity contribution in [1.82, 2.24) is 9.38 Å². The van der Waals surface area contributed by atoms with Crippen LogP contribution in [0.1, 0.15) is 11.3 Å². The van der Waals surface area contributed by atoms with Gasteiger partial charge in [-0.15, -0.1) is 35.0 Å². The topological polar surface area (TPSA) is 17.3 Å². The Morgan fingerprint density at radius 3 is 2.94 bits per heavy atom. The van der Waals surface area contributed by atoms with Gasteiger partial charge in [0.05, 0.1) is 5.65 Å². The van der Waals surface area contributed by atoms with E-state index in [0.29, 0.717) is 0 Å². The molecule has 0 N–H and O–H groups in total. The smallest absolute Gasteiger partial charge is 0.0605 e. The summed E-state index contributed by atoms with van der Waals surface area (Å²) in [6, 6.07) is 9.35. The van der Waals surface area contributed by atoms with E-state index in [-0.39, 0.29) is 21.1 Å². The summed E-state index contributed by atoms with van der Waals surface area (Å²) >= 11 is 0. The van der Waals surface area contributed by atoms with E-state index in [0.717, 1.165) is 11.0 Å². The van der Waals surface area contributed by atoms with Gasteiger partial charge in [0.25, 0.3) is 0 Å². The quantitative estimate of drug-likeness (QED) is 0.540. The predicted octanol–water partition coefficient (Wildman–Crippen LogP) is 2.90. The fraction of sp³-hybridized carbons (Fsp3) is 0.154. The van der Waals surface area contributed by atoms with Crippen LogP contribution in [-0.4, -0.2) is 9.38 Å². The molecule has 84 valence electrons. The maximum atomic E-state index is 4.38. The molecule has 3 rings (SSSR count). The zero-order valence-electron chi connectivity index (χ0n) is 9.10. The number of hydrogen-bond acceptors (Lipinski definition) is 1. The summed E-state index contributed by atoms with van der Waals surface area (Å²) in [5.41, 5.74) is 3.54. The number of pyridine rings is 1. The molecule has 3 heteroatoms. The van der Waals surface area contributed by atoms with E-state index in [2.05, 4.69) is 35.4 Å². The molecule has 0 amide bonds. The number of nitrogens with zero attached hydrogens (tertiary/aromatic N) is 2. The first-order valence-corrected chi connectivity index (χ1v) is 5.01. The summed E-state index contributed by atoms with van der Waals surface area (Å²) in [7, 11) is 0. The number of imidazole rings is 1. The van der Waals surface area contributed by atoms with Crippen LogP contribution >= 0.6 is 0 Å². The van der Waals surface area contributed by atoms with E-state index in [4.69, 9.17) is 0 Å². The third-order valence-corrected chi connectivity index (χ3v) is 3.03. The summed E-state index contributed by atoms with van der Waals surface area (Å²) in [5, 5.41) is 2.35. The summed E-state index contributed by atoms with van der Waals surface area (Å²) in [6.45, 7) is 4.27. The summed E-state index contributed by atoms with van der Waals surface area (Å²) in [6.07, 6.45) is 3.83. The Hall–Kier alpha value is -1.14. The van der Waals surface area contributed by atoms with Gasteiger partial charge in [-0.05, 0) is 13.8 Å². The second-order valence-corrected chi connectivity index (χ2v) is 3.79. The van der Waals surface area contributed by atoms with Gasteiger partial charge in [-0.2, -0.15) is 0 Å². The summed E-state index contributed by atoms with van der Waals surface area (Å²) in [4.78, 5) is 4.38. The Morgan fingerprint density at radius 2 is 2.12 bits per heavy atom. The number of rotatable bonds is 0. The van der Waals surface area contributed by atoms with Crippen molar-refractivity contribution in [2.75, 3.05) is 0 Å². The Bertz CT molecular complexity index is 655. The van der Waals surface area contributed by atoms with Crippen LogP contribution in [0.25, 0.3) is 16.4 Å². The second-order valence-electron chi connectivity index (χ2n) is 3.79. The van der Waals surface area contributed by atoms with Crippen molar-refractivity contribution in [2.24, 2.45) is 0 Å². The van der Waals surface area contributed by atoms with Crippen LogP contribution in [0.3, 0.4) is 0 Å². The van der Waals surface area contributed by atoms with Crippen molar-refractivity contribution < 1.29 is 21.1 Å². The summed E-state index contributed by atoms with van der Waals surface area (Å²) < 4.78 is 2.12. The van der Waals surface area contributed by atoms with E-state index >= 15 is 0 Å². The SMILES string of the molecule is Cc1c(C)n2ccnc2c2[c-]cccc12.[Pt]. The van der Waals surface area contributed by atoms with Gasteiger partial charge >= 0.3 is 0 Å². The van der Waals surface area contributed by atoms with Crippen molar-refractivity contribution in [3.8, 4) is 0 Å². The molecule has 0 bridgehead atoms. The Labute approximate surface area is 109 Å². The fourth-order valence-corrected chi connectivity index (χ4v) is 2.07. The van der Waals surface area contributed by atoms with E-state index in [1.54, 1.807) is 0 Å². The molecule has 0 saturated carbocycles. The molecular formula is C13H11N2Pt-. The van der Waals surface area contributed by atoms with Crippen LogP contribution in [0.5, 0.6) is 0 Å². The van der Waals surface area contributed by atoms with Gasteiger partial charge in [0, 0.05) is 39.2 Å². The van der Waals surface area contributed by atoms with Crippen LogP contribution < -0.4 is 0 Å². The first-order valence-electron chi connectivity index (χ1n) is 5.01. The molecule has 0 aliphatic heterocycles. The molecular weight excluding hydrogens is 379 g/mol. The van der Waals surface area contributed by atoms with Gasteiger partial charge in [0.15, 0.2) is 0 Å². The number of benzene rings is 1. The Balaban J connectivity index is 0.000000963. The predicted molar refractivity (Wildman–Crippen MR) is 61.0 cm³/mol. The molecule has 16 heavy (non-hydrogen) atoms. The average Bonchev–Trinajstić information content (AvgIpc) is 2.75. The van der Waals surface area contributed by atoms with E-state index in [1.165, 1.54) is 16.6 Å². The molecule has 2 aromatic heterocycles. The first kappa shape index (κ1) is 11.3. The zero-order valence-corrected chi connectivity index (χ0v) is 11.4. The Kier molecular flexibility index (Phi) is 2.85. The molecule has 0 atom stereocenters. The number of fused-ring (bicyclic) bond motifs is 3. The normalized spacial score (nSPS) is 10.6. The van der Waals surface area contributed by atoms with Crippen molar-refractivity contribution in [2.45, 2.75) is 13.8 Å². The molecule has 0 radical (unpaired) electrons. The van der Waals surface area contributed by atoms with E-state index in [9.17, 15) is 0 Å². The maximum Gasteiger partial charge on any atom is 0.0605 e. The first-order chi connectivity index (χ1) is 7.29. The molecule has 0 aliphatic rings. The standard InChI is InChI=1S/C13H11N2.Pt/c1-9-10(2)15-8-7-14-13(15)12-6-4-3-5-11(9)12;/h3-5,7-8H,1-2H3;/q-1;. The van der Waals surface area contributed by atoms with Gasteiger partial charge in [-0.1, -0.05) is 5.56 Å². The van der Waals surface area contributed by atoms with Crippen molar-refractivity contribution >= 4 is 16.4 Å². The number of hydrogen-bond donors (Lipinski definition) is 0. The average molecular weight is 390 g/mol. The van der Waals surface area contributed by atoms with Crippen molar-refractivity contribution in [3.05, 3.63) is 47.9 Å². The third-order valence-electron chi connectivity index (χ3n) is 3.03. The molecule has 0 unspecified atom stereocenters. The summed E-state index contributed by atoms with van der Waals surface area (Å²) in [5.74, 6) is 0. The Morgan fingerprint density at radius 1 is 1.31 bits per heavy atom. The van der Waals surface area contributed by atoms with Crippen LogP contribution in [0.2, 0.25) is 0 Å². The molecule has 2 nitrogen and oxygen atoms in total. The van der Waals surface area contributed by atoms with Crippen molar-refractivity contribution in [3.63, 3.8) is 0 Å². The fourth-order valence-electron chi connectivity index (χ4n) is 2.07. The minimum absolute atomic E-state index is 0. The van der Waals surface area contributed by atoms with Crippen LogP contribution in [0.15, 0.2) is 30.6 Å². The molecule has 0 saturated heterocycles. The zero-order chi connectivity index (χ0) is 10.4. The van der Waals surface area contributed by atoms with Gasteiger partial charge < -0.3 is 4.40 Å². The van der Waals surface area contributed by atoms with Gasteiger partial charge in [0.1, 0.15) is 0 Å². The van der Waals surface area contributed by atoms with Gasteiger partial charge in [-0.3, -0.25) is 4.98 Å². The molecule has 1 aromatic carbocycles. The van der Waals surface area contributed by atoms with E-state index in [1.807, 2.05) is 24.5 Å². The van der Waals surface area contributed by atoms with Crippen LogP contribution in [0, 0.1) is 19.9 Å². The maximum absolute atomic E-state index is 4.38. The van der Waals surface area contributed by atoms with Crippen molar-refractivity contribution in [1.29, 1.82) is 0 Å². The van der Waals surface area contributed by atoms with E-state index < -0.39 is 0 Å². The minimum Gasteiger partial charge on any atom is -0.344 e. The molecule has 0 aliphatic carbocycles. The third kappa shape index (κ3) is 1.41. The molecule has 2 heterocycles. The number of aromatic nitrogens is 2. The second kappa shape index (κ2) is 4.03. The minimum atomic E-state index is 0. The van der Waals surface area contributed by atoms with Crippen LogP contribution in [0.4, 0.5) is 0 Å². The van der Waals surface area contributed by atoms with Crippen LogP contribution in [-0.2, 0) is 21.1 Å². The van der Waals surface area contributed by atoms with Gasteiger partial charge in [0.2, 0.25) is 0 Å². The molecule has 0 fully saturated rings. The monoisotopic (exact) mass is 390 g/mol. The van der Waals surface area contributed by atoms with Gasteiger partial charge in [-0.25, -0.2) is 0 Å². The number of aryl methyl sites for hydroxylation is 2. The molecule has 0 spiro atoms. The largest absolute Gasteiger partial charge is 0.344 e.